The molecule has 1 aromatic carbocycles. The minimum atomic E-state index is -3.24. The van der Waals surface area contributed by atoms with Crippen molar-refractivity contribution in [3.8, 4) is 11.3 Å². The van der Waals surface area contributed by atoms with E-state index in [-0.39, 0.29) is 16.7 Å². The Hall–Kier alpha value is -2.52. The molecule has 0 saturated heterocycles. The lowest BCUT2D eigenvalue weighted by Gasteiger charge is -2.04. The summed E-state index contributed by atoms with van der Waals surface area (Å²) in [5.41, 5.74) is 2.83. The van der Waals surface area contributed by atoms with Gasteiger partial charge in [-0.15, -0.1) is 11.3 Å². The SMILES string of the molecule is CCn1nc(C(C)C)cc1C(=O)Nc1nc(-c2ccc(S(C)(=O)=O)cc2)cs1. The van der Waals surface area contributed by atoms with Gasteiger partial charge in [0.2, 0.25) is 0 Å². The lowest BCUT2D eigenvalue weighted by molar-refractivity contribution is 0.101. The minimum absolute atomic E-state index is 0.237. The predicted molar refractivity (Wildman–Crippen MR) is 111 cm³/mol. The minimum Gasteiger partial charge on any atom is -0.296 e. The second kappa shape index (κ2) is 7.84. The van der Waals surface area contributed by atoms with Crippen LogP contribution in [0.4, 0.5) is 5.13 Å². The Morgan fingerprint density at radius 2 is 1.93 bits per heavy atom. The van der Waals surface area contributed by atoms with E-state index < -0.39 is 9.84 Å². The molecule has 0 bridgehead atoms. The molecule has 2 heterocycles. The van der Waals surface area contributed by atoms with Crippen molar-refractivity contribution in [3.05, 3.63) is 47.1 Å². The summed E-state index contributed by atoms with van der Waals surface area (Å²) in [7, 11) is -3.24. The van der Waals surface area contributed by atoms with Crippen molar-refractivity contribution in [1.29, 1.82) is 0 Å². The van der Waals surface area contributed by atoms with Crippen LogP contribution in [-0.4, -0.2) is 35.3 Å². The fourth-order valence-electron chi connectivity index (χ4n) is 2.64. The zero-order chi connectivity index (χ0) is 20.5. The number of aryl methyl sites for hydroxylation is 1. The molecule has 148 valence electrons. The van der Waals surface area contributed by atoms with Crippen LogP contribution in [0.5, 0.6) is 0 Å². The van der Waals surface area contributed by atoms with Gasteiger partial charge in [-0.1, -0.05) is 26.0 Å². The van der Waals surface area contributed by atoms with Crippen LogP contribution in [-0.2, 0) is 16.4 Å². The Labute approximate surface area is 168 Å². The van der Waals surface area contributed by atoms with Crippen molar-refractivity contribution >= 4 is 32.2 Å². The van der Waals surface area contributed by atoms with Gasteiger partial charge in [0.1, 0.15) is 5.69 Å². The highest BCUT2D eigenvalue weighted by atomic mass is 32.2. The summed E-state index contributed by atoms with van der Waals surface area (Å²) in [5.74, 6) is -0.0182. The number of carbonyl (C=O) groups is 1. The molecule has 0 unspecified atom stereocenters. The maximum absolute atomic E-state index is 12.7. The number of nitrogens with zero attached hydrogens (tertiary/aromatic N) is 3. The Morgan fingerprint density at radius 1 is 1.25 bits per heavy atom. The predicted octanol–water partition coefficient (Wildman–Crippen LogP) is 3.81. The number of anilines is 1. The van der Waals surface area contributed by atoms with Crippen LogP contribution in [0.1, 0.15) is 42.9 Å². The Balaban J connectivity index is 1.79. The second-order valence-electron chi connectivity index (χ2n) is 6.71. The van der Waals surface area contributed by atoms with Gasteiger partial charge in [-0.05, 0) is 31.0 Å². The van der Waals surface area contributed by atoms with Gasteiger partial charge in [0, 0.05) is 23.7 Å². The van der Waals surface area contributed by atoms with Gasteiger partial charge in [-0.3, -0.25) is 14.8 Å². The van der Waals surface area contributed by atoms with E-state index in [1.807, 2.05) is 32.2 Å². The number of hydrogen-bond acceptors (Lipinski definition) is 6. The van der Waals surface area contributed by atoms with Crippen molar-refractivity contribution in [3.63, 3.8) is 0 Å². The van der Waals surface area contributed by atoms with Crippen LogP contribution < -0.4 is 5.32 Å². The number of amides is 1. The summed E-state index contributed by atoms with van der Waals surface area (Å²) in [6.45, 7) is 6.61. The first kappa shape index (κ1) is 20.2. The number of sulfone groups is 1. The molecule has 0 atom stereocenters. The molecule has 2 aromatic heterocycles. The lowest BCUT2D eigenvalue weighted by Crippen LogP contribution is -2.17. The van der Waals surface area contributed by atoms with E-state index in [0.717, 1.165) is 11.3 Å². The van der Waals surface area contributed by atoms with Crippen molar-refractivity contribution in [2.45, 2.75) is 38.1 Å². The highest BCUT2D eigenvalue weighted by molar-refractivity contribution is 7.90. The molecule has 1 amide bonds. The third-order valence-corrected chi connectivity index (χ3v) is 6.11. The molecule has 9 heteroatoms. The smallest absolute Gasteiger partial charge is 0.275 e. The number of benzene rings is 1. The van der Waals surface area contributed by atoms with Gasteiger partial charge in [0.25, 0.3) is 5.91 Å². The van der Waals surface area contributed by atoms with Crippen molar-refractivity contribution < 1.29 is 13.2 Å². The van der Waals surface area contributed by atoms with Crippen LogP contribution >= 0.6 is 11.3 Å². The molecule has 0 fully saturated rings. The number of aromatic nitrogens is 3. The molecule has 3 rings (SSSR count). The number of rotatable bonds is 6. The molecule has 0 saturated carbocycles. The molecular weight excluding hydrogens is 396 g/mol. The summed E-state index contributed by atoms with van der Waals surface area (Å²) >= 11 is 1.31. The number of carbonyl (C=O) groups excluding carboxylic acids is 1. The highest BCUT2D eigenvalue weighted by Gasteiger charge is 2.18. The van der Waals surface area contributed by atoms with Gasteiger partial charge in [0.15, 0.2) is 15.0 Å². The number of hydrogen-bond donors (Lipinski definition) is 1. The molecular formula is C19H22N4O3S2. The van der Waals surface area contributed by atoms with Crippen LogP contribution in [0.3, 0.4) is 0 Å². The maximum atomic E-state index is 12.7. The molecule has 3 aromatic rings. The van der Waals surface area contributed by atoms with Crippen LogP contribution in [0.15, 0.2) is 40.6 Å². The first-order valence-corrected chi connectivity index (χ1v) is 11.6. The molecule has 0 radical (unpaired) electrons. The Bertz CT molecular complexity index is 1100. The van der Waals surface area contributed by atoms with E-state index in [9.17, 15) is 13.2 Å². The fraction of sp³-hybridized carbons (Fsp3) is 0.316. The van der Waals surface area contributed by atoms with E-state index in [2.05, 4.69) is 15.4 Å². The molecule has 28 heavy (non-hydrogen) atoms. The van der Waals surface area contributed by atoms with Crippen LogP contribution in [0.25, 0.3) is 11.3 Å². The Kier molecular flexibility index (Phi) is 5.66. The normalized spacial score (nSPS) is 11.8. The van der Waals surface area contributed by atoms with Gasteiger partial charge < -0.3 is 0 Å². The van der Waals surface area contributed by atoms with Crippen molar-refractivity contribution in [2.24, 2.45) is 0 Å². The summed E-state index contributed by atoms with van der Waals surface area (Å²) in [6, 6.07) is 8.32. The summed E-state index contributed by atoms with van der Waals surface area (Å²) < 4.78 is 24.8. The summed E-state index contributed by atoms with van der Waals surface area (Å²) in [6.07, 6.45) is 1.17. The van der Waals surface area contributed by atoms with E-state index in [1.54, 1.807) is 28.9 Å². The van der Waals surface area contributed by atoms with Crippen molar-refractivity contribution in [1.82, 2.24) is 14.8 Å². The molecule has 0 spiro atoms. The summed E-state index contributed by atoms with van der Waals surface area (Å²) in [5, 5.41) is 9.58. The van der Waals surface area contributed by atoms with E-state index in [1.165, 1.54) is 17.6 Å². The molecule has 7 nitrogen and oxygen atoms in total. The molecule has 0 aliphatic rings. The quantitative estimate of drug-likeness (QED) is 0.657. The zero-order valence-corrected chi connectivity index (χ0v) is 17.8. The average molecular weight is 419 g/mol. The molecule has 1 N–H and O–H groups in total. The van der Waals surface area contributed by atoms with Gasteiger partial charge >= 0.3 is 0 Å². The standard InChI is InChI=1S/C19H22N4O3S2/c1-5-23-17(10-15(22-23)12(2)3)18(24)21-19-20-16(11-27-19)13-6-8-14(9-7-13)28(4,25)26/h6-12H,5H2,1-4H3,(H,20,21,24). The second-order valence-corrected chi connectivity index (χ2v) is 9.59. The largest absolute Gasteiger partial charge is 0.296 e. The maximum Gasteiger partial charge on any atom is 0.275 e. The molecule has 0 aliphatic heterocycles. The first-order valence-electron chi connectivity index (χ1n) is 8.84. The van der Waals surface area contributed by atoms with E-state index >= 15 is 0 Å². The van der Waals surface area contributed by atoms with Gasteiger partial charge in [0.05, 0.1) is 16.3 Å². The van der Waals surface area contributed by atoms with Crippen molar-refractivity contribution in [2.75, 3.05) is 11.6 Å². The number of thiazole rings is 1. The topological polar surface area (TPSA) is 93.9 Å². The molecule has 0 aliphatic carbocycles. The van der Waals surface area contributed by atoms with Crippen LogP contribution in [0.2, 0.25) is 0 Å². The van der Waals surface area contributed by atoms with Gasteiger partial charge in [-0.25, -0.2) is 13.4 Å². The summed E-state index contributed by atoms with van der Waals surface area (Å²) in [4.78, 5) is 17.4. The first-order chi connectivity index (χ1) is 13.2. The monoisotopic (exact) mass is 418 g/mol. The third kappa shape index (κ3) is 4.31. The lowest BCUT2D eigenvalue weighted by atomic mass is 10.1. The average Bonchev–Trinajstić information content (AvgIpc) is 3.28. The fourth-order valence-corrected chi connectivity index (χ4v) is 3.99. The number of nitrogens with one attached hydrogen (secondary N) is 1. The third-order valence-electron chi connectivity index (χ3n) is 4.23. The Morgan fingerprint density at radius 3 is 2.50 bits per heavy atom. The van der Waals surface area contributed by atoms with Crippen LogP contribution in [0, 0.1) is 0 Å². The zero-order valence-electron chi connectivity index (χ0n) is 16.1. The highest BCUT2D eigenvalue weighted by Crippen LogP contribution is 2.26. The van der Waals surface area contributed by atoms with E-state index in [4.69, 9.17) is 0 Å². The van der Waals surface area contributed by atoms with E-state index in [0.29, 0.717) is 23.1 Å². The van der Waals surface area contributed by atoms with Gasteiger partial charge in [-0.2, -0.15) is 5.10 Å².